The Morgan fingerprint density at radius 3 is 1.54 bits per heavy atom. The number of hydrogen-bond donors (Lipinski definition) is 2. The zero-order chi connectivity index (χ0) is 18.0. The predicted octanol–water partition coefficient (Wildman–Crippen LogP) is 3.44. The van der Waals surface area contributed by atoms with Gasteiger partial charge in [-0.25, -0.2) is 8.78 Å². The molecule has 4 N–H and O–H groups in total. The Balaban J connectivity index is 2.77. The molecular formula is C18H24F2N3P. The van der Waals surface area contributed by atoms with E-state index in [1.54, 1.807) is 13.8 Å². The third-order valence-corrected chi connectivity index (χ3v) is 6.91. The molecule has 0 aliphatic heterocycles. The molecule has 0 aliphatic carbocycles. The average Bonchev–Trinajstić information content (AvgIpc) is 2.52. The summed E-state index contributed by atoms with van der Waals surface area (Å²) in [5.74, 6) is -0.689. The van der Waals surface area contributed by atoms with Crippen molar-refractivity contribution in [3.8, 4) is 0 Å². The molecule has 0 aromatic heterocycles. The minimum Gasteiger partial charge on any atom is -0.398 e. The zero-order valence-electron chi connectivity index (χ0n) is 14.5. The largest absolute Gasteiger partial charge is 0.398 e. The number of nitrogens with two attached hydrogens (primary N) is 2. The van der Waals surface area contributed by atoms with E-state index in [2.05, 4.69) is 4.67 Å². The van der Waals surface area contributed by atoms with E-state index in [-0.39, 0.29) is 11.6 Å². The molecule has 0 radical (unpaired) electrons. The Bertz CT molecular complexity index is 688. The Kier molecular flexibility index (Phi) is 5.79. The second-order valence-corrected chi connectivity index (χ2v) is 7.91. The van der Waals surface area contributed by atoms with Crippen molar-refractivity contribution < 1.29 is 8.78 Å². The molecule has 0 bridgehead atoms. The molecule has 24 heavy (non-hydrogen) atoms. The molecule has 0 fully saturated rings. The molecule has 2 aromatic carbocycles. The number of hydrogen-bond acceptors (Lipinski definition) is 3. The molecular weight excluding hydrogens is 327 g/mol. The van der Waals surface area contributed by atoms with Crippen LogP contribution in [0, 0.1) is 25.5 Å². The first-order valence-corrected chi connectivity index (χ1v) is 9.25. The second-order valence-electron chi connectivity index (χ2n) is 5.76. The first-order valence-electron chi connectivity index (χ1n) is 7.96. The summed E-state index contributed by atoms with van der Waals surface area (Å²) in [7, 11) is -1.22. The van der Waals surface area contributed by atoms with Crippen molar-refractivity contribution in [2.75, 3.05) is 24.6 Å². The number of aryl methyl sites for hydroxylation is 2. The maximum Gasteiger partial charge on any atom is 0.124 e. The molecule has 2 aromatic rings. The number of nitrogens with zero attached hydrogens (tertiary/aromatic N) is 1. The van der Waals surface area contributed by atoms with Gasteiger partial charge in [-0.1, -0.05) is 13.8 Å². The fourth-order valence-electron chi connectivity index (χ4n) is 2.76. The van der Waals surface area contributed by atoms with Gasteiger partial charge in [-0.15, -0.1) is 0 Å². The Hall–Kier alpha value is -1.71. The number of nitrogen functional groups attached to an aromatic ring is 2. The van der Waals surface area contributed by atoms with Gasteiger partial charge in [0, 0.05) is 30.1 Å². The number of halogens is 2. The van der Waals surface area contributed by atoms with Crippen LogP contribution in [0.25, 0.3) is 0 Å². The lowest BCUT2D eigenvalue weighted by molar-refractivity contribution is 0.514. The Morgan fingerprint density at radius 1 is 0.833 bits per heavy atom. The topological polar surface area (TPSA) is 55.3 Å². The normalized spacial score (nSPS) is 11.5. The van der Waals surface area contributed by atoms with Crippen LogP contribution in [0.3, 0.4) is 0 Å². The highest BCUT2D eigenvalue weighted by atomic mass is 31.1. The van der Waals surface area contributed by atoms with E-state index >= 15 is 0 Å². The van der Waals surface area contributed by atoms with E-state index in [1.807, 2.05) is 13.8 Å². The molecule has 0 aliphatic rings. The molecule has 0 spiro atoms. The van der Waals surface area contributed by atoms with Crippen molar-refractivity contribution in [2.24, 2.45) is 0 Å². The molecule has 3 nitrogen and oxygen atoms in total. The van der Waals surface area contributed by atoms with E-state index in [0.29, 0.717) is 33.1 Å². The lowest BCUT2D eigenvalue weighted by Gasteiger charge is -2.32. The maximum atomic E-state index is 14.0. The van der Waals surface area contributed by atoms with E-state index in [9.17, 15) is 8.78 Å². The van der Waals surface area contributed by atoms with Gasteiger partial charge >= 0.3 is 0 Å². The van der Waals surface area contributed by atoms with Crippen LogP contribution in [0.2, 0.25) is 0 Å². The quantitative estimate of drug-likeness (QED) is 0.641. The molecule has 0 atom stereocenters. The van der Waals surface area contributed by atoms with Gasteiger partial charge in [0.15, 0.2) is 0 Å². The summed E-state index contributed by atoms with van der Waals surface area (Å²) in [5, 5.41) is 1.37. The lowest BCUT2D eigenvalue weighted by atomic mass is 10.2. The fraction of sp³-hybridized carbons (Fsp3) is 0.333. The van der Waals surface area contributed by atoms with Crippen LogP contribution in [0.1, 0.15) is 25.0 Å². The summed E-state index contributed by atoms with van der Waals surface area (Å²) in [6.45, 7) is 9.04. The standard InChI is InChI=1S/C18H24F2N3P/c1-5-23(6-2)24(15-9-13(19)7-11(3)17(15)21)16-10-14(20)8-12(4)18(16)22/h7-10H,5-6,21-22H2,1-4H3. The van der Waals surface area contributed by atoms with Gasteiger partial charge in [-0.3, -0.25) is 4.67 Å². The van der Waals surface area contributed by atoms with Gasteiger partial charge < -0.3 is 11.5 Å². The SMILES string of the molecule is CCN(CC)P(c1cc(F)cc(C)c1N)c1cc(F)cc(C)c1N. The van der Waals surface area contributed by atoms with Crippen molar-refractivity contribution in [2.45, 2.75) is 27.7 Å². The fourth-order valence-corrected chi connectivity index (χ4v) is 5.50. The summed E-state index contributed by atoms with van der Waals surface area (Å²) in [6, 6.07) is 5.72. The molecule has 0 saturated carbocycles. The third-order valence-electron chi connectivity index (χ3n) is 4.13. The smallest absolute Gasteiger partial charge is 0.124 e. The minimum absolute atomic E-state index is 0.344. The third kappa shape index (κ3) is 3.52. The summed E-state index contributed by atoms with van der Waals surface area (Å²) in [6.07, 6.45) is 0. The highest BCUT2D eigenvalue weighted by Gasteiger charge is 2.26. The minimum atomic E-state index is -1.22. The van der Waals surface area contributed by atoms with E-state index in [4.69, 9.17) is 11.5 Å². The Morgan fingerprint density at radius 2 is 1.21 bits per heavy atom. The molecule has 0 saturated heterocycles. The molecule has 0 unspecified atom stereocenters. The van der Waals surface area contributed by atoms with Crippen molar-refractivity contribution in [1.29, 1.82) is 0 Å². The summed E-state index contributed by atoms with van der Waals surface area (Å²) in [5.41, 5.74) is 14.9. The average molecular weight is 351 g/mol. The van der Waals surface area contributed by atoms with Gasteiger partial charge in [0.25, 0.3) is 0 Å². The van der Waals surface area contributed by atoms with Crippen molar-refractivity contribution in [3.05, 3.63) is 47.0 Å². The van der Waals surface area contributed by atoms with Crippen molar-refractivity contribution in [1.82, 2.24) is 4.67 Å². The first-order chi connectivity index (χ1) is 11.3. The van der Waals surface area contributed by atoms with Crippen molar-refractivity contribution in [3.63, 3.8) is 0 Å². The second kappa shape index (κ2) is 7.45. The molecule has 6 heteroatoms. The predicted molar refractivity (Wildman–Crippen MR) is 100 cm³/mol. The summed E-state index contributed by atoms with van der Waals surface area (Å²) in [4.78, 5) is 0. The van der Waals surface area contributed by atoms with Crippen LogP contribution >= 0.6 is 8.07 Å². The van der Waals surface area contributed by atoms with Gasteiger partial charge in [-0.2, -0.15) is 0 Å². The molecule has 0 heterocycles. The van der Waals surface area contributed by atoms with Gasteiger partial charge in [0.05, 0.1) is 0 Å². The van der Waals surface area contributed by atoms with Crippen LogP contribution in [0.5, 0.6) is 0 Å². The number of anilines is 2. The summed E-state index contributed by atoms with van der Waals surface area (Å²) >= 11 is 0. The van der Waals surface area contributed by atoms with E-state index < -0.39 is 8.07 Å². The Labute approximate surface area is 143 Å². The van der Waals surface area contributed by atoms with Crippen LogP contribution in [-0.2, 0) is 0 Å². The van der Waals surface area contributed by atoms with Crippen LogP contribution < -0.4 is 22.1 Å². The van der Waals surface area contributed by atoms with Crippen LogP contribution in [0.4, 0.5) is 20.2 Å². The van der Waals surface area contributed by atoms with Gasteiger partial charge in [0.1, 0.15) is 11.6 Å². The number of rotatable bonds is 5. The number of benzene rings is 2. The summed E-state index contributed by atoms with van der Waals surface area (Å²) < 4.78 is 30.2. The molecule has 130 valence electrons. The molecule has 2 rings (SSSR count). The lowest BCUT2D eigenvalue weighted by Crippen LogP contribution is -2.32. The highest BCUT2D eigenvalue weighted by molar-refractivity contribution is 7.71. The van der Waals surface area contributed by atoms with Crippen LogP contribution in [-0.4, -0.2) is 17.8 Å². The monoisotopic (exact) mass is 351 g/mol. The highest BCUT2D eigenvalue weighted by Crippen LogP contribution is 2.43. The van der Waals surface area contributed by atoms with Crippen molar-refractivity contribution >= 4 is 30.1 Å². The van der Waals surface area contributed by atoms with Crippen LogP contribution in [0.15, 0.2) is 24.3 Å². The van der Waals surface area contributed by atoms with Gasteiger partial charge in [0.2, 0.25) is 0 Å². The van der Waals surface area contributed by atoms with E-state index in [1.165, 1.54) is 24.3 Å². The molecule has 0 amide bonds. The van der Waals surface area contributed by atoms with E-state index in [0.717, 1.165) is 13.1 Å². The maximum absolute atomic E-state index is 14.0. The zero-order valence-corrected chi connectivity index (χ0v) is 15.4. The first kappa shape index (κ1) is 18.6. The van der Waals surface area contributed by atoms with Gasteiger partial charge in [-0.05, 0) is 62.3 Å².